The molecule has 0 saturated heterocycles. The Kier molecular flexibility index (Phi) is 2.93. The molecule has 1 aromatic heterocycles. The summed E-state index contributed by atoms with van der Waals surface area (Å²) in [5.74, 6) is 0. The quantitative estimate of drug-likeness (QED) is 0.801. The van der Waals surface area contributed by atoms with E-state index in [1.807, 2.05) is 5.38 Å². The molecule has 0 spiro atoms. The predicted molar refractivity (Wildman–Crippen MR) is 52.5 cm³/mol. The van der Waals surface area contributed by atoms with Gasteiger partial charge < -0.3 is 10.5 Å². The molecule has 0 amide bonds. The van der Waals surface area contributed by atoms with E-state index in [9.17, 15) is 0 Å². The Balaban J connectivity index is 1.79. The Morgan fingerprint density at radius 1 is 1.62 bits per heavy atom. The lowest BCUT2D eigenvalue weighted by molar-refractivity contribution is 0.0356. The van der Waals surface area contributed by atoms with Gasteiger partial charge in [-0.2, -0.15) is 0 Å². The maximum absolute atomic E-state index is 5.88. The second kappa shape index (κ2) is 4.17. The third-order valence-corrected chi connectivity index (χ3v) is 3.16. The van der Waals surface area contributed by atoms with Crippen LogP contribution in [-0.4, -0.2) is 17.1 Å². The minimum absolute atomic E-state index is 0.236. The monoisotopic (exact) mass is 198 g/mol. The highest BCUT2D eigenvalue weighted by Gasteiger charge is 2.24. The molecule has 1 saturated carbocycles. The van der Waals surface area contributed by atoms with E-state index in [2.05, 4.69) is 4.98 Å². The van der Waals surface area contributed by atoms with Crippen LogP contribution in [0.15, 0.2) is 11.6 Å². The number of hydrogen-bond donors (Lipinski definition) is 1. The lowest BCUT2D eigenvalue weighted by atomic mass is 10.2. The van der Waals surface area contributed by atoms with Gasteiger partial charge in [-0.1, -0.05) is 0 Å². The Labute approximate surface area is 81.9 Å². The van der Waals surface area contributed by atoms with Crippen molar-refractivity contribution in [1.29, 1.82) is 0 Å². The maximum atomic E-state index is 5.88. The fourth-order valence-corrected chi connectivity index (χ4v) is 2.20. The minimum Gasteiger partial charge on any atom is -0.369 e. The summed E-state index contributed by atoms with van der Waals surface area (Å²) in [5.41, 5.74) is 5.88. The van der Waals surface area contributed by atoms with Crippen LogP contribution in [0.4, 0.5) is 0 Å². The molecule has 0 aromatic carbocycles. The van der Waals surface area contributed by atoms with Crippen LogP contribution in [-0.2, 0) is 11.3 Å². The summed E-state index contributed by atoms with van der Waals surface area (Å²) >= 11 is 1.63. The van der Waals surface area contributed by atoms with Crippen LogP contribution in [0.3, 0.4) is 0 Å². The van der Waals surface area contributed by atoms with Crippen LogP contribution >= 0.6 is 11.3 Å². The largest absolute Gasteiger partial charge is 0.369 e. The molecule has 13 heavy (non-hydrogen) atoms. The number of ether oxygens (including phenoxy) is 1. The highest BCUT2D eigenvalue weighted by atomic mass is 32.1. The Morgan fingerprint density at radius 3 is 3.15 bits per heavy atom. The van der Waals surface area contributed by atoms with Crippen molar-refractivity contribution in [3.8, 4) is 0 Å². The molecule has 2 atom stereocenters. The Bertz CT molecular complexity index is 250. The molecule has 2 N–H and O–H groups in total. The highest BCUT2D eigenvalue weighted by Crippen LogP contribution is 2.21. The zero-order valence-electron chi connectivity index (χ0n) is 7.48. The average Bonchev–Trinajstić information content (AvgIpc) is 2.72. The van der Waals surface area contributed by atoms with Gasteiger partial charge in [-0.15, -0.1) is 11.3 Å². The van der Waals surface area contributed by atoms with Crippen molar-refractivity contribution in [2.24, 2.45) is 5.73 Å². The van der Waals surface area contributed by atoms with Crippen LogP contribution in [0, 0.1) is 0 Å². The molecule has 3 nitrogen and oxygen atoms in total. The predicted octanol–water partition coefficient (Wildman–Crippen LogP) is 1.54. The standard InChI is InChI=1S/C9H14N2OS/c10-7-2-1-3-8(7)12-6-9-11-4-5-13-9/h4-5,7-8H,1-3,6,10H2. The summed E-state index contributed by atoms with van der Waals surface area (Å²) in [6, 6.07) is 0.236. The zero-order chi connectivity index (χ0) is 9.10. The number of aromatic nitrogens is 1. The Morgan fingerprint density at radius 2 is 2.54 bits per heavy atom. The first-order valence-electron chi connectivity index (χ1n) is 4.62. The van der Waals surface area contributed by atoms with E-state index in [1.54, 1.807) is 17.5 Å². The van der Waals surface area contributed by atoms with Gasteiger partial charge >= 0.3 is 0 Å². The highest BCUT2D eigenvalue weighted by molar-refractivity contribution is 7.09. The number of nitrogens with zero attached hydrogens (tertiary/aromatic N) is 1. The van der Waals surface area contributed by atoms with E-state index in [4.69, 9.17) is 10.5 Å². The molecule has 1 fully saturated rings. The molecule has 0 bridgehead atoms. The van der Waals surface area contributed by atoms with Crippen molar-refractivity contribution >= 4 is 11.3 Å². The molecule has 72 valence electrons. The van der Waals surface area contributed by atoms with E-state index in [0.29, 0.717) is 6.61 Å². The third kappa shape index (κ3) is 2.27. The first-order chi connectivity index (χ1) is 6.36. The molecule has 1 aliphatic rings. The normalized spacial score (nSPS) is 28.1. The van der Waals surface area contributed by atoms with Gasteiger partial charge in [0.2, 0.25) is 0 Å². The van der Waals surface area contributed by atoms with E-state index >= 15 is 0 Å². The van der Waals surface area contributed by atoms with Crippen LogP contribution in [0.5, 0.6) is 0 Å². The summed E-state index contributed by atoms with van der Waals surface area (Å²) in [4.78, 5) is 4.15. The minimum atomic E-state index is 0.236. The molecule has 0 aliphatic heterocycles. The van der Waals surface area contributed by atoms with Gasteiger partial charge in [-0.3, -0.25) is 0 Å². The first-order valence-corrected chi connectivity index (χ1v) is 5.50. The first kappa shape index (κ1) is 9.12. The van der Waals surface area contributed by atoms with Gasteiger partial charge in [0.15, 0.2) is 0 Å². The van der Waals surface area contributed by atoms with Crippen molar-refractivity contribution in [3.05, 3.63) is 16.6 Å². The van der Waals surface area contributed by atoms with E-state index in [1.165, 1.54) is 6.42 Å². The van der Waals surface area contributed by atoms with Crippen LogP contribution in [0.25, 0.3) is 0 Å². The molecule has 2 unspecified atom stereocenters. The molecule has 1 aliphatic carbocycles. The van der Waals surface area contributed by atoms with Crippen LogP contribution in [0.2, 0.25) is 0 Å². The van der Waals surface area contributed by atoms with E-state index < -0.39 is 0 Å². The van der Waals surface area contributed by atoms with E-state index in [0.717, 1.165) is 17.8 Å². The maximum Gasteiger partial charge on any atom is 0.118 e. The van der Waals surface area contributed by atoms with E-state index in [-0.39, 0.29) is 12.1 Å². The van der Waals surface area contributed by atoms with Gasteiger partial charge in [0.25, 0.3) is 0 Å². The fourth-order valence-electron chi connectivity index (χ4n) is 1.66. The zero-order valence-corrected chi connectivity index (χ0v) is 8.30. The molecule has 4 heteroatoms. The van der Waals surface area contributed by atoms with Gasteiger partial charge in [0.05, 0.1) is 12.7 Å². The smallest absolute Gasteiger partial charge is 0.118 e. The fraction of sp³-hybridized carbons (Fsp3) is 0.667. The van der Waals surface area contributed by atoms with Crippen LogP contribution in [0.1, 0.15) is 24.3 Å². The number of nitrogens with two attached hydrogens (primary N) is 1. The Hall–Kier alpha value is -0.450. The molecule has 1 aromatic rings. The summed E-state index contributed by atoms with van der Waals surface area (Å²) < 4.78 is 5.68. The molecule has 2 rings (SSSR count). The molecular formula is C9H14N2OS. The van der Waals surface area contributed by atoms with Gasteiger partial charge in [-0.05, 0) is 19.3 Å². The van der Waals surface area contributed by atoms with Gasteiger partial charge in [0.1, 0.15) is 5.01 Å². The second-order valence-electron chi connectivity index (χ2n) is 3.37. The lowest BCUT2D eigenvalue weighted by Crippen LogP contribution is -2.31. The SMILES string of the molecule is NC1CCCC1OCc1nccs1. The van der Waals surface area contributed by atoms with Crippen molar-refractivity contribution < 1.29 is 4.74 Å². The summed E-state index contributed by atoms with van der Waals surface area (Å²) in [6.07, 6.45) is 5.46. The number of rotatable bonds is 3. The molecule has 0 radical (unpaired) electrons. The number of thiazole rings is 1. The van der Waals surface area contributed by atoms with Gasteiger partial charge in [-0.25, -0.2) is 4.98 Å². The molecule has 1 heterocycles. The second-order valence-corrected chi connectivity index (χ2v) is 4.35. The van der Waals surface area contributed by atoms with Crippen LogP contribution < -0.4 is 5.73 Å². The molecular weight excluding hydrogens is 184 g/mol. The van der Waals surface area contributed by atoms with Crippen molar-refractivity contribution in [1.82, 2.24) is 4.98 Å². The summed E-state index contributed by atoms with van der Waals surface area (Å²) in [6.45, 7) is 0.621. The summed E-state index contributed by atoms with van der Waals surface area (Å²) in [5, 5.41) is 3.01. The van der Waals surface area contributed by atoms with Crippen molar-refractivity contribution in [2.75, 3.05) is 0 Å². The summed E-state index contributed by atoms with van der Waals surface area (Å²) in [7, 11) is 0. The van der Waals surface area contributed by atoms with Crippen molar-refractivity contribution in [2.45, 2.75) is 38.0 Å². The van der Waals surface area contributed by atoms with Crippen molar-refractivity contribution in [3.63, 3.8) is 0 Å². The lowest BCUT2D eigenvalue weighted by Gasteiger charge is -2.14. The van der Waals surface area contributed by atoms with Gasteiger partial charge in [0, 0.05) is 17.6 Å². The topological polar surface area (TPSA) is 48.1 Å². The number of hydrogen-bond acceptors (Lipinski definition) is 4. The average molecular weight is 198 g/mol. The third-order valence-electron chi connectivity index (χ3n) is 2.41.